The van der Waals surface area contributed by atoms with Crippen molar-refractivity contribution in [1.29, 1.82) is 0 Å². The Kier molecular flexibility index (Phi) is 4.07. The maximum Gasteiger partial charge on any atom is 0.261 e. The third-order valence-electron chi connectivity index (χ3n) is 5.39. The van der Waals surface area contributed by atoms with Gasteiger partial charge in [0, 0.05) is 35.8 Å². The lowest BCUT2D eigenvalue weighted by Crippen LogP contribution is -2.23. The Hall–Kier alpha value is -3.64. The number of rotatable bonds is 5. The highest BCUT2D eigenvalue weighted by molar-refractivity contribution is 6.49. The first-order valence-corrected chi connectivity index (χ1v) is 9.55. The molecule has 0 atom stereocenters. The molecule has 3 heterocycles. The number of aliphatic hydroxyl groups is 1. The zero-order chi connectivity index (χ0) is 20.0. The van der Waals surface area contributed by atoms with Crippen molar-refractivity contribution in [3.8, 4) is 0 Å². The number of aromatic amines is 1. The number of nitrogens with one attached hydrogen (secondary N) is 2. The van der Waals surface area contributed by atoms with Crippen LogP contribution in [0.5, 0.6) is 0 Å². The Balaban J connectivity index is 1.82. The molecule has 3 N–H and O–H groups in total. The van der Waals surface area contributed by atoms with Gasteiger partial charge in [-0.25, -0.2) is 0 Å². The molecular formula is C23H19N3O3. The summed E-state index contributed by atoms with van der Waals surface area (Å²) in [6.07, 6.45) is 2.37. The van der Waals surface area contributed by atoms with Crippen LogP contribution in [0.15, 0.2) is 60.8 Å². The fourth-order valence-corrected chi connectivity index (χ4v) is 4.14. The van der Waals surface area contributed by atoms with E-state index >= 15 is 0 Å². The normalized spacial score (nSPS) is 14.4. The fraction of sp³-hybridized carbons (Fsp3) is 0.130. The van der Waals surface area contributed by atoms with Gasteiger partial charge in [0.25, 0.3) is 11.8 Å². The summed E-state index contributed by atoms with van der Waals surface area (Å²) < 4.78 is 2.01. The quantitative estimate of drug-likeness (QED) is 0.462. The largest absolute Gasteiger partial charge is 0.396 e. The molecular weight excluding hydrogens is 366 g/mol. The van der Waals surface area contributed by atoms with E-state index in [0.29, 0.717) is 35.4 Å². The molecule has 1 aliphatic rings. The summed E-state index contributed by atoms with van der Waals surface area (Å²) in [4.78, 5) is 28.9. The van der Waals surface area contributed by atoms with Crippen LogP contribution >= 0.6 is 0 Å². The van der Waals surface area contributed by atoms with E-state index in [1.165, 1.54) is 0 Å². The number of fused-ring (bicyclic) bond motifs is 2. The second-order valence-corrected chi connectivity index (χ2v) is 7.10. The van der Waals surface area contributed by atoms with Crippen molar-refractivity contribution in [2.24, 2.45) is 0 Å². The number of hydrogen-bond donors (Lipinski definition) is 3. The molecule has 4 aromatic rings. The van der Waals surface area contributed by atoms with Crippen LogP contribution in [0.3, 0.4) is 0 Å². The summed E-state index contributed by atoms with van der Waals surface area (Å²) in [5, 5.41) is 13.8. The second-order valence-electron chi connectivity index (χ2n) is 7.10. The number of imide groups is 1. The predicted octanol–water partition coefficient (Wildman–Crippen LogP) is 3.07. The number of nitrogens with zero attached hydrogens (tertiary/aromatic N) is 1. The minimum Gasteiger partial charge on any atom is -0.396 e. The average molecular weight is 385 g/mol. The second kappa shape index (κ2) is 6.76. The molecule has 0 saturated carbocycles. The molecule has 2 aromatic heterocycles. The number of hydrogen-bond acceptors (Lipinski definition) is 3. The summed E-state index contributed by atoms with van der Waals surface area (Å²) in [7, 11) is 0. The van der Waals surface area contributed by atoms with Gasteiger partial charge in [-0.15, -0.1) is 0 Å². The van der Waals surface area contributed by atoms with E-state index in [9.17, 15) is 14.7 Å². The molecule has 2 aromatic carbocycles. The number of carbonyl (C=O) groups excluding carboxylic acids is 2. The van der Waals surface area contributed by atoms with Crippen molar-refractivity contribution < 1.29 is 14.7 Å². The fourth-order valence-electron chi connectivity index (χ4n) is 4.14. The number of aliphatic hydroxyl groups excluding tert-OH is 1. The molecule has 1 aliphatic heterocycles. The van der Waals surface area contributed by atoms with Gasteiger partial charge in [0.1, 0.15) is 0 Å². The Labute approximate surface area is 166 Å². The van der Waals surface area contributed by atoms with E-state index in [2.05, 4.69) is 10.3 Å². The lowest BCUT2D eigenvalue weighted by atomic mass is 9.97. The monoisotopic (exact) mass is 385 g/mol. The summed E-state index contributed by atoms with van der Waals surface area (Å²) in [6.45, 7) is 0.592. The van der Waals surface area contributed by atoms with Gasteiger partial charge >= 0.3 is 0 Å². The number of amides is 2. The zero-order valence-electron chi connectivity index (χ0n) is 15.6. The molecule has 6 nitrogen and oxygen atoms in total. The maximum atomic E-state index is 12.9. The van der Waals surface area contributed by atoms with Crippen molar-refractivity contribution in [2.75, 3.05) is 6.61 Å². The Morgan fingerprint density at radius 2 is 1.69 bits per heavy atom. The molecule has 29 heavy (non-hydrogen) atoms. The van der Waals surface area contributed by atoms with Gasteiger partial charge in [-0.3, -0.25) is 14.9 Å². The number of H-pyrrole nitrogens is 1. The molecule has 0 fully saturated rings. The van der Waals surface area contributed by atoms with Crippen molar-refractivity contribution in [2.45, 2.75) is 13.0 Å². The number of aromatic nitrogens is 2. The SMILES string of the molecule is O=C1NC(=O)C(c2cc3ccccc3n2CCCO)=C1c1cccc2cc[nH]c12. The van der Waals surface area contributed by atoms with Gasteiger partial charge in [-0.2, -0.15) is 0 Å². The van der Waals surface area contributed by atoms with E-state index in [-0.39, 0.29) is 6.61 Å². The standard InChI is InChI=1S/C23H19N3O3/c27-12-4-11-26-17-8-2-1-5-15(17)13-18(26)20-19(22(28)25-23(20)29)16-7-3-6-14-9-10-24-21(14)16/h1-3,5-10,13,24,27H,4,11-12H2,(H,25,28,29). The minimum absolute atomic E-state index is 0.0464. The summed E-state index contributed by atoms with van der Waals surface area (Å²) >= 11 is 0. The molecule has 0 saturated heterocycles. The topological polar surface area (TPSA) is 87.1 Å². The first kappa shape index (κ1) is 17.5. The lowest BCUT2D eigenvalue weighted by Gasteiger charge is -2.11. The number of benzene rings is 2. The number of carbonyl (C=O) groups is 2. The van der Waals surface area contributed by atoms with Crippen LogP contribution < -0.4 is 5.32 Å². The highest BCUT2D eigenvalue weighted by Crippen LogP contribution is 2.36. The van der Waals surface area contributed by atoms with E-state index in [1.807, 2.05) is 65.4 Å². The van der Waals surface area contributed by atoms with Crippen LogP contribution in [0.2, 0.25) is 0 Å². The van der Waals surface area contributed by atoms with Gasteiger partial charge in [0.15, 0.2) is 0 Å². The van der Waals surface area contributed by atoms with Crippen molar-refractivity contribution in [1.82, 2.24) is 14.9 Å². The van der Waals surface area contributed by atoms with Gasteiger partial charge in [0.2, 0.25) is 0 Å². The highest BCUT2D eigenvalue weighted by Gasteiger charge is 2.35. The first-order valence-electron chi connectivity index (χ1n) is 9.55. The van der Waals surface area contributed by atoms with E-state index in [4.69, 9.17) is 0 Å². The summed E-state index contributed by atoms with van der Waals surface area (Å²) in [5.41, 5.74) is 3.91. The van der Waals surface area contributed by atoms with Crippen LogP contribution in [0.1, 0.15) is 17.7 Å². The Morgan fingerprint density at radius 3 is 2.55 bits per heavy atom. The smallest absolute Gasteiger partial charge is 0.261 e. The minimum atomic E-state index is -0.401. The van der Waals surface area contributed by atoms with Crippen LogP contribution in [0.25, 0.3) is 33.0 Å². The average Bonchev–Trinajstić information content (AvgIpc) is 3.41. The molecule has 5 rings (SSSR count). The zero-order valence-corrected chi connectivity index (χ0v) is 15.6. The van der Waals surface area contributed by atoms with Crippen LogP contribution in [-0.2, 0) is 16.1 Å². The molecule has 0 bridgehead atoms. The first-order chi connectivity index (χ1) is 14.2. The maximum absolute atomic E-state index is 12.9. The van der Waals surface area contributed by atoms with Crippen molar-refractivity contribution in [3.63, 3.8) is 0 Å². The van der Waals surface area contributed by atoms with Crippen LogP contribution in [0, 0.1) is 0 Å². The lowest BCUT2D eigenvalue weighted by molar-refractivity contribution is -0.122. The van der Waals surface area contributed by atoms with Gasteiger partial charge in [0.05, 0.1) is 22.4 Å². The van der Waals surface area contributed by atoms with Gasteiger partial charge in [-0.1, -0.05) is 36.4 Å². The molecule has 144 valence electrons. The van der Waals surface area contributed by atoms with Gasteiger partial charge < -0.3 is 14.7 Å². The summed E-state index contributed by atoms with van der Waals surface area (Å²) in [6, 6.07) is 17.4. The van der Waals surface area contributed by atoms with E-state index in [0.717, 1.165) is 21.8 Å². The van der Waals surface area contributed by atoms with Crippen LogP contribution in [0.4, 0.5) is 0 Å². The van der Waals surface area contributed by atoms with Crippen molar-refractivity contribution in [3.05, 3.63) is 72.1 Å². The highest BCUT2D eigenvalue weighted by atomic mass is 16.3. The van der Waals surface area contributed by atoms with E-state index < -0.39 is 11.8 Å². The van der Waals surface area contributed by atoms with Crippen molar-refractivity contribution >= 4 is 44.8 Å². The predicted molar refractivity (Wildman–Crippen MR) is 112 cm³/mol. The molecule has 0 spiro atoms. The van der Waals surface area contributed by atoms with Crippen LogP contribution in [-0.4, -0.2) is 33.1 Å². The third kappa shape index (κ3) is 2.68. The van der Waals surface area contributed by atoms with E-state index in [1.54, 1.807) is 0 Å². The van der Waals surface area contributed by atoms with Gasteiger partial charge in [-0.05, 0) is 30.0 Å². The Bertz CT molecular complexity index is 1310. The molecule has 0 radical (unpaired) electrons. The molecule has 6 heteroatoms. The Morgan fingerprint density at radius 1 is 0.897 bits per heavy atom. The summed E-state index contributed by atoms with van der Waals surface area (Å²) in [5.74, 6) is -0.798. The molecule has 2 amide bonds. The number of para-hydroxylation sites is 2. The molecule has 0 unspecified atom stereocenters. The molecule has 0 aliphatic carbocycles. The third-order valence-corrected chi connectivity index (χ3v) is 5.39. The number of aryl methyl sites for hydroxylation is 1.